The van der Waals surface area contributed by atoms with Crippen molar-refractivity contribution in [2.45, 2.75) is 62.4 Å². The molecule has 2 aliphatic rings. The SMILES string of the molecule is CC(C)(C)c1cc2c(cc1-c1ccccc1)[CH]([Zr+2]([C]1=CC=CC1)=[C](c1ccc(Cl)cc1)c1ccc(Cl)cc1)c1cc(-c3ccccc3)c(C(C)(C)C)cc1-2.[Cl-].[Cl-]. The second kappa shape index (κ2) is 16.9. The predicted octanol–water partition coefficient (Wildman–Crippen LogP) is 8.73. The van der Waals surface area contributed by atoms with Gasteiger partial charge < -0.3 is 24.8 Å². The Labute approximate surface area is 363 Å². The van der Waals surface area contributed by atoms with E-state index in [-0.39, 0.29) is 39.3 Å². The molecule has 0 aromatic heterocycles. The van der Waals surface area contributed by atoms with Crippen molar-refractivity contribution in [1.82, 2.24) is 0 Å². The van der Waals surface area contributed by atoms with Gasteiger partial charge in [0.05, 0.1) is 0 Å². The monoisotopic (exact) mass is 888 g/mol. The van der Waals surface area contributed by atoms with E-state index in [1.807, 2.05) is 0 Å². The van der Waals surface area contributed by atoms with Crippen LogP contribution < -0.4 is 24.8 Å². The summed E-state index contributed by atoms with van der Waals surface area (Å²) in [5, 5.41) is 1.50. The van der Waals surface area contributed by atoms with E-state index in [0.717, 1.165) is 16.5 Å². The van der Waals surface area contributed by atoms with Crippen molar-refractivity contribution in [3.63, 3.8) is 0 Å². The van der Waals surface area contributed by atoms with Crippen LogP contribution in [0.25, 0.3) is 33.4 Å². The summed E-state index contributed by atoms with van der Waals surface area (Å²) in [7, 11) is 0. The second-order valence-electron chi connectivity index (χ2n) is 16.8. The second-order valence-corrected chi connectivity index (χ2v) is 23.9. The maximum Gasteiger partial charge on any atom is -1.00 e. The fourth-order valence-corrected chi connectivity index (χ4v) is 17.7. The third kappa shape index (κ3) is 8.19. The van der Waals surface area contributed by atoms with Crippen LogP contribution in [-0.2, 0) is 32.1 Å². The molecule has 0 saturated carbocycles. The molecule has 0 nitrogen and oxygen atoms in total. The molecule has 0 heterocycles. The number of fused-ring (bicyclic) bond motifs is 3. The van der Waals surface area contributed by atoms with Crippen LogP contribution in [0.15, 0.2) is 155 Å². The first-order valence-corrected chi connectivity index (χ1v) is 23.6. The summed E-state index contributed by atoms with van der Waals surface area (Å²) in [6.07, 6.45) is 8.06. The van der Waals surface area contributed by atoms with Gasteiger partial charge in [0.25, 0.3) is 0 Å². The molecule has 0 N–H and O–H groups in total. The molecule has 0 atom stereocenters. The van der Waals surface area contributed by atoms with Crippen molar-refractivity contribution in [3.05, 3.63) is 198 Å². The van der Waals surface area contributed by atoms with Gasteiger partial charge in [0, 0.05) is 0 Å². The van der Waals surface area contributed by atoms with Crippen LogP contribution in [0, 0.1) is 0 Å². The van der Waals surface area contributed by atoms with Crippen molar-refractivity contribution in [2.24, 2.45) is 0 Å². The first-order valence-electron chi connectivity index (χ1n) is 19.0. The van der Waals surface area contributed by atoms with E-state index < -0.39 is 21.3 Å². The zero-order valence-corrected chi connectivity index (χ0v) is 38.2. The van der Waals surface area contributed by atoms with Crippen LogP contribution >= 0.6 is 23.2 Å². The first-order chi connectivity index (χ1) is 25.9. The number of allylic oxidation sites excluding steroid dienone is 4. The van der Waals surface area contributed by atoms with Gasteiger partial charge in [-0.1, -0.05) is 0 Å². The molecule has 0 radical (unpaired) electrons. The zero-order valence-electron chi connectivity index (χ0n) is 32.7. The minimum Gasteiger partial charge on any atom is -1.00 e. The molecule has 0 saturated heterocycles. The fraction of sp³-hybridized carbons (Fsp3) is 0.196. The molecule has 0 spiro atoms. The largest absolute Gasteiger partial charge is 1.00 e. The van der Waals surface area contributed by atoms with E-state index in [4.69, 9.17) is 23.2 Å². The summed E-state index contributed by atoms with van der Waals surface area (Å²) >= 11 is 10.1. The van der Waals surface area contributed by atoms with Gasteiger partial charge in [0.2, 0.25) is 0 Å². The summed E-state index contributed by atoms with van der Waals surface area (Å²) in [5.41, 5.74) is 16.1. The molecule has 5 heteroatoms. The third-order valence-corrected chi connectivity index (χ3v) is 19.8. The quantitative estimate of drug-likeness (QED) is 0.157. The van der Waals surface area contributed by atoms with Crippen molar-refractivity contribution in [1.29, 1.82) is 0 Å². The molecule has 0 amide bonds. The van der Waals surface area contributed by atoms with Gasteiger partial charge in [-0.2, -0.15) is 0 Å². The van der Waals surface area contributed by atoms with Gasteiger partial charge in [-0.05, 0) is 0 Å². The number of benzene rings is 6. The molecule has 282 valence electrons. The van der Waals surface area contributed by atoms with E-state index in [9.17, 15) is 0 Å². The maximum atomic E-state index is 6.57. The van der Waals surface area contributed by atoms with E-state index >= 15 is 0 Å². The smallest absolute Gasteiger partial charge is 1.00 e. The van der Waals surface area contributed by atoms with E-state index in [1.165, 1.54) is 70.0 Å². The number of rotatable bonds is 6. The maximum absolute atomic E-state index is 6.57. The van der Waals surface area contributed by atoms with Gasteiger partial charge in [0.1, 0.15) is 0 Å². The summed E-state index contributed by atoms with van der Waals surface area (Å²) in [6, 6.07) is 49.5. The Balaban J connectivity index is 0.00000266. The minimum atomic E-state index is -3.02. The van der Waals surface area contributed by atoms with Crippen molar-refractivity contribution in [3.8, 4) is 33.4 Å². The fourth-order valence-electron chi connectivity index (χ4n) is 8.46. The molecule has 0 fully saturated rings. The Bertz CT molecular complexity index is 2310. The Morgan fingerprint density at radius 1 is 0.536 bits per heavy atom. The van der Waals surface area contributed by atoms with Gasteiger partial charge in [0.15, 0.2) is 0 Å². The molecule has 56 heavy (non-hydrogen) atoms. The first kappa shape index (κ1) is 42.3. The van der Waals surface area contributed by atoms with Crippen LogP contribution in [0.4, 0.5) is 0 Å². The predicted molar refractivity (Wildman–Crippen MR) is 230 cm³/mol. The Hall–Kier alpha value is -3.29. The summed E-state index contributed by atoms with van der Waals surface area (Å²) < 4.78 is 3.31. The van der Waals surface area contributed by atoms with Crippen LogP contribution in [0.1, 0.15) is 85.0 Å². The van der Waals surface area contributed by atoms with Gasteiger partial charge in [-0.25, -0.2) is 0 Å². The van der Waals surface area contributed by atoms with E-state index in [0.29, 0.717) is 0 Å². The summed E-state index contributed by atoms with van der Waals surface area (Å²) in [5.74, 6) is 0. The van der Waals surface area contributed by atoms with Crippen LogP contribution in [0.5, 0.6) is 0 Å². The normalized spacial score (nSPS) is 13.2. The van der Waals surface area contributed by atoms with Crippen LogP contribution in [0.3, 0.4) is 0 Å². The topological polar surface area (TPSA) is 0 Å². The zero-order chi connectivity index (χ0) is 37.8. The van der Waals surface area contributed by atoms with E-state index in [2.05, 4.69) is 193 Å². The van der Waals surface area contributed by atoms with Gasteiger partial charge >= 0.3 is 342 Å². The molecule has 6 aromatic rings. The Kier molecular flexibility index (Phi) is 12.8. The van der Waals surface area contributed by atoms with Crippen LogP contribution in [0.2, 0.25) is 10.0 Å². The van der Waals surface area contributed by atoms with Crippen molar-refractivity contribution >= 4 is 26.4 Å². The molecular weight excluding hydrogens is 846 g/mol. The standard InChI is InChI=1S/C33H33.C13H8Cl2.C5H5.2ClH.Zr/c1-32(2,3)30-20-26-24(18-28(30)22-13-9-7-10-14-22)17-25-19-29(23-15-11-8-12-16-23)31(21-27(25)26)33(4,5)6;14-12-5-1-10(2-6-12)9-11-3-7-13(15)8-4-11;1-2-4-5-3-1;;;/h7-21H,1-6H3;1-8H;1-3H,4H2;2*1H;/q;;;;;+2/p-2. The number of halogens is 4. The van der Waals surface area contributed by atoms with Crippen molar-refractivity contribution in [2.75, 3.05) is 0 Å². The Morgan fingerprint density at radius 3 is 1.30 bits per heavy atom. The molecule has 0 aliphatic heterocycles. The molecule has 0 unspecified atom stereocenters. The molecule has 2 aliphatic carbocycles. The average molecular weight is 892 g/mol. The summed E-state index contributed by atoms with van der Waals surface area (Å²) in [6.45, 7) is 14.1. The molecular formula is C51H46Cl4Zr. The third-order valence-electron chi connectivity index (χ3n) is 11.0. The molecule has 8 rings (SSSR count). The Morgan fingerprint density at radius 2 is 0.946 bits per heavy atom. The van der Waals surface area contributed by atoms with Crippen LogP contribution in [-0.4, -0.2) is 3.21 Å². The minimum absolute atomic E-state index is 0. The van der Waals surface area contributed by atoms with Crippen molar-refractivity contribution < 1.29 is 46.1 Å². The van der Waals surface area contributed by atoms with E-state index in [1.54, 1.807) is 3.28 Å². The number of hydrogen-bond acceptors (Lipinski definition) is 0. The summed E-state index contributed by atoms with van der Waals surface area (Å²) in [4.78, 5) is 0. The van der Waals surface area contributed by atoms with Gasteiger partial charge in [-0.15, -0.1) is 0 Å². The number of hydrogen-bond donors (Lipinski definition) is 0. The molecule has 6 aromatic carbocycles. The average Bonchev–Trinajstić information content (AvgIpc) is 3.80. The van der Waals surface area contributed by atoms with Gasteiger partial charge in [-0.3, -0.25) is 0 Å². The molecule has 0 bridgehead atoms.